The van der Waals surface area contributed by atoms with Crippen LogP contribution in [0.25, 0.3) is 0 Å². The van der Waals surface area contributed by atoms with Crippen LogP contribution in [0.4, 0.5) is 30.1 Å². The lowest BCUT2D eigenvalue weighted by Gasteiger charge is -2.42. The van der Waals surface area contributed by atoms with Gasteiger partial charge in [-0.1, -0.05) is 0 Å². The van der Waals surface area contributed by atoms with Gasteiger partial charge in [0, 0.05) is 50.9 Å². The molecule has 2 aliphatic heterocycles. The van der Waals surface area contributed by atoms with E-state index in [-0.39, 0.29) is 42.7 Å². The minimum Gasteiger partial charge on any atom is -0.477 e. The Kier molecular flexibility index (Phi) is 9.14. The van der Waals surface area contributed by atoms with Gasteiger partial charge >= 0.3 is 12.1 Å². The molecule has 1 atom stereocenters. The molecule has 2 aromatic rings. The highest BCUT2D eigenvalue weighted by atomic mass is 19.3. The molecule has 0 spiro atoms. The van der Waals surface area contributed by atoms with Gasteiger partial charge in [0.05, 0.1) is 19.0 Å². The number of rotatable bonds is 8. The van der Waals surface area contributed by atoms with Crippen LogP contribution in [0.3, 0.4) is 0 Å². The van der Waals surface area contributed by atoms with Gasteiger partial charge in [-0.3, -0.25) is 5.32 Å². The Morgan fingerprint density at radius 2 is 1.88 bits per heavy atom. The number of carbonyl (C=O) groups is 2. The summed E-state index contributed by atoms with van der Waals surface area (Å²) in [4.78, 5) is 46.9. The molecular formula is C27H37F2N9O4. The quantitative estimate of drug-likeness (QED) is 0.472. The van der Waals surface area contributed by atoms with Crippen LogP contribution in [-0.2, 0) is 0 Å². The smallest absolute Gasteiger partial charge is 0.414 e. The first-order valence-corrected chi connectivity index (χ1v) is 14.4. The third-order valence-electron chi connectivity index (χ3n) is 8.06. The highest BCUT2D eigenvalue weighted by Gasteiger charge is 2.48. The second kappa shape index (κ2) is 13.0. The van der Waals surface area contributed by atoms with E-state index in [1.165, 1.54) is 51.2 Å². The van der Waals surface area contributed by atoms with Crippen molar-refractivity contribution in [2.45, 2.75) is 69.5 Å². The van der Waals surface area contributed by atoms with E-state index in [1.54, 1.807) is 11.8 Å². The fourth-order valence-corrected chi connectivity index (χ4v) is 5.54. The molecular weight excluding hydrogens is 552 g/mol. The Balaban J connectivity index is 1.16. The number of halogens is 2. The van der Waals surface area contributed by atoms with Gasteiger partial charge in [0.15, 0.2) is 5.82 Å². The lowest BCUT2D eigenvalue weighted by molar-refractivity contribution is -0.0760. The zero-order valence-electron chi connectivity index (χ0n) is 23.8. The van der Waals surface area contributed by atoms with Gasteiger partial charge < -0.3 is 29.5 Å². The zero-order valence-corrected chi connectivity index (χ0v) is 23.8. The molecule has 4 heterocycles. The molecule has 0 aromatic carbocycles. The first-order chi connectivity index (χ1) is 20.2. The molecule has 2 N–H and O–H groups in total. The summed E-state index contributed by atoms with van der Waals surface area (Å²) < 4.78 is 40.6. The first-order valence-electron chi connectivity index (χ1n) is 14.4. The predicted molar refractivity (Wildman–Crippen MR) is 149 cm³/mol. The maximum atomic E-state index is 15.0. The van der Waals surface area contributed by atoms with Crippen LogP contribution in [-0.4, -0.2) is 106 Å². The molecule has 2 aromatic heterocycles. The predicted octanol–water partition coefficient (Wildman–Crippen LogP) is 3.15. The monoisotopic (exact) mass is 589 g/mol. The molecule has 15 heteroatoms. The van der Waals surface area contributed by atoms with Crippen LogP contribution in [0.5, 0.6) is 11.8 Å². The fourth-order valence-electron chi connectivity index (χ4n) is 5.54. The number of carbonyl (C=O) groups excluding carboxylic acids is 2. The number of piperidine rings is 1. The van der Waals surface area contributed by atoms with Crippen molar-refractivity contribution in [1.29, 1.82) is 0 Å². The molecule has 0 bridgehead atoms. The Labute approximate surface area is 243 Å². The van der Waals surface area contributed by atoms with Crippen molar-refractivity contribution in [3.05, 3.63) is 24.7 Å². The van der Waals surface area contributed by atoms with Gasteiger partial charge in [0.25, 0.3) is 5.92 Å². The lowest BCUT2D eigenvalue weighted by atomic mass is 9.89. The van der Waals surface area contributed by atoms with E-state index in [1.807, 2.05) is 0 Å². The summed E-state index contributed by atoms with van der Waals surface area (Å²) in [6, 6.07) is -0.170. The first kappa shape index (κ1) is 29.6. The number of likely N-dealkylation sites (tertiary alicyclic amines) is 1. The Bertz CT molecular complexity index is 1230. The van der Waals surface area contributed by atoms with E-state index in [0.29, 0.717) is 12.6 Å². The number of hydrogen-bond acceptors (Lipinski definition) is 10. The summed E-state index contributed by atoms with van der Waals surface area (Å²) in [6.07, 6.45) is 8.04. The molecule has 1 aliphatic carbocycles. The largest absolute Gasteiger partial charge is 0.477 e. The molecule has 0 unspecified atom stereocenters. The molecule has 1 saturated carbocycles. The van der Waals surface area contributed by atoms with E-state index < -0.39 is 30.5 Å². The zero-order chi connectivity index (χ0) is 29.7. The standard InChI is InChI=1S/C27H37F2N9O4/c1-3-41-23-16-31-21(15-32-23)34-25(39)36(2)20-17-38(14-10-27(20,28)29)24-30-11-9-22(35-24)42-26(40)33-18-5-7-19(8-6-18)37-12-4-13-37/h9,11,15-16,18-20H,3-8,10,12-14,17H2,1-2H3,(H,33,40)(H,31,34,39)/t18?,19?,20-/m0/s1. The van der Waals surface area contributed by atoms with Crippen molar-refractivity contribution in [3.63, 3.8) is 0 Å². The number of anilines is 2. The number of nitrogens with zero attached hydrogens (tertiary/aromatic N) is 7. The molecule has 3 amide bonds. The van der Waals surface area contributed by atoms with Gasteiger partial charge in [-0.15, -0.1) is 0 Å². The highest BCUT2D eigenvalue weighted by molar-refractivity contribution is 5.88. The molecule has 2 saturated heterocycles. The van der Waals surface area contributed by atoms with Crippen LogP contribution in [0, 0.1) is 0 Å². The van der Waals surface area contributed by atoms with Crippen molar-refractivity contribution in [2.24, 2.45) is 0 Å². The topological polar surface area (TPSA) is 138 Å². The normalized spacial score (nSPS) is 23.8. The van der Waals surface area contributed by atoms with Crippen molar-refractivity contribution < 1.29 is 27.8 Å². The second-order valence-electron chi connectivity index (χ2n) is 10.8. The number of aromatic nitrogens is 4. The fraction of sp³-hybridized carbons (Fsp3) is 0.630. The number of ether oxygens (including phenoxy) is 2. The van der Waals surface area contributed by atoms with Crippen LogP contribution < -0.4 is 25.0 Å². The highest BCUT2D eigenvalue weighted by Crippen LogP contribution is 2.33. The number of hydrogen-bond donors (Lipinski definition) is 2. The van der Waals surface area contributed by atoms with Crippen molar-refractivity contribution in [1.82, 2.24) is 35.1 Å². The minimum atomic E-state index is -3.16. The summed E-state index contributed by atoms with van der Waals surface area (Å²) in [5.74, 6) is -2.63. The minimum absolute atomic E-state index is 0.0146. The Morgan fingerprint density at radius 3 is 2.55 bits per heavy atom. The van der Waals surface area contributed by atoms with Crippen molar-refractivity contribution >= 4 is 23.9 Å². The number of alkyl halides is 2. The maximum Gasteiger partial charge on any atom is 0.414 e. The summed E-state index contributed by atoms with van der Waals surface area (Å²) in [7, 11) is 1.29. The average molecular weight is 590 g/mol. The number of nitrogens with one attached hydrogen (secondary N) is 2. The third-order valence-corrected chi connectivity index (χ3v) is 8.06. The molecule has 42 heavy (non-hydrogen) atoms. The molecule has 228 valence electrons. The van der Waals surface area contributed by atoms with Gasteiger partial charge in [-0.2, -0.15) is 4.98 Å². The molecule has 5 rings (SSSR count). The van der Waals surface area contributed by atoms with E-state index in [4.69, 9.17) is 9.47 Å². The average Bonchev–Trinajstić information content (AvgIpc) is 2.94. The lowest BCUT2D eigenvalue weighted by Crippen LogP contribution is -2.60. The third kappa shape index (κ3) is 7.12. The van der Waals surface area contributed by atoms with Gasteiger partial charge in [-0.05, 0) is 52.1 Å². The van der Waals surface area contributed by atoms with E-state index in [0.717, 1.165) is 30.6 Å². The van der Waals surface area contributed by atoms with Gasteiger partial charge in [0.1, 0.15) is 6.04 Å². The van der Waals surface area contributed by atoms with Crippen molar-refractivity contribution in [3.8, 4) is 11.8 Å². The van der Waals surface area contributed by atoms with Crippen LogP contribution >= 0.6 is 0 Å². The summed E-state index contributed by atoms with van der Waals surface area (Å²) in [5.41, 5.74) is 0. The Hall–Kier alpha value is -3.88. The summed E-state index contributed by atoms with van der Waals surface area (Å²) in [5, 5.41) is 5.40. The molecule has 0 radical (unpaired) electrons. The van der Waals surface area contributed by atoms with Gasteiger partial charge in [0.2, 0.25) is 17.7 Å². The maximum absolute atomic E-state index is 15.0. The SMILES string of the molecule is CCOc1cnc(NC(=O)N(C)[C@H]2CN(c3nccc(OC(=O)NC4CCC(N5CCC5)CC4)n3)CCC2(F)F)cn1. The molecule has 3 fully saturated rings. The molecule has 13 nitrogen and oxygen atoms in total. The molecule has 3 aliphatic rings. The van der Waals surface area contributed by atoms with Crippen LogP contribution in [0.1, 0.15) is 45.4 Å². The van der Waals surface area contributed by atoms with E-state index in [9.17, 15) is 18.4 Å². The number of amides is 3. The van der Waals surface area contributed by atoms with E-state index >= 15 is 0 Å². The summed E-state index contributed by atoms with van der Waals surface area (Å²) in [6.45, 7) is 4.26. The second-order valence-corrected chi connectivity index (χ2v) is 10.8. The number of likely N-dealkylation sites (N-methyl/N-ethyl adjacent to an activating group) is 1. The van der Waals surface area contributed by atoms with Crippen molar-refractivity contribution in [2.75, 3.05) is 50.1 Å². The van der Waals surface area contributed by atoms with Crippen LogP contribution in [0.2, 0.25) is 0 Å². The number of urea groups is 1. The Morgan fingerprint density at radius 1 is 1.10 bits per heavy atom. The van der Waals surface area contributed by atoms with E-state index in [2.05, 4.69) is 35.5 Å². The van der Waals surface area contributed by atoms with Gasteiger partial charge in [-0.25, -0.2) is 33.3 Å². The van der Waals surface area contributed by atoms with Crippen LogP contribution in [0.15, 0.2) is 24.7 Å². The summed E-state index contributed by atoms with van der Waals surface area (Å²) >= 11 is 0.